The summed E-state index contributed by atoms with van der Waals surface area (Å²) in [5.74, 6) is 5.03. The van der Waals surface area contributed by atoms with Crippen molar-refractivity contribution in [1.29, 1.82) is 0 Å². The van der Waals surface area contributed by atoms with Crippen molar-refractivity contribution in [3.8, 4) is 0 Å². The van der Waals surface area contributed by atoms with Gasteiger partial charge in [-0.05, 0) is 42.8 Å². The van der Waals surface area contributed by atoms with E-state index in [1.54, 1.807) is 0 Å². The normalized spacial score (nSPS) is 25.6. The molecule has 0 N–H and O–H groups in total. The second kappa shape index (κ2) is 6.21. The van der Waals surface area contributed by atoms with E-state index >= 15 is 0 Å². The molecule has 8 heteroatoms. The highest BCUT2D eigenvalue weighted by molar-refractivity contribution is 6.18. The van der Waals surface area contributed by atoms with Crippen molar-refractivity contribution in [2.45, 2.75) is 12.8 Å². The fourth-order valence-electron chi connectivity index (χ4n) is 8.51. The molecule has 3 atom stereocenters. The first kappa shape index (κ1) is 20.4. The van der Waals surface area contributed by atoms with Crippen LogP contribution in [0.4, 0.5) is 11.6 Å². The fourth-order valence-corrected chi connectivity index (χ4v) is 8.51. The van der Waals surface area contributed by atoms with Gasteiger partial charge in [0.05, 0.1) is 28.3 Å². The average molecular weight is 541 g/mol. The molecule has 0 saturated carbocycles. The summed E-state index contributed by atoms with van der Waals surface area (Å²) in [5, 5.41) is 4.48. The van der Waals surface area contributed by atoms with Gasteiger partial charge in [0.25, 0.3) is 23.3 Å². The van der Waals surface area contributed by atoms with E-state index in [1.807, 2.05) is 0 Å². The second-order valence-corrected chi connectivity index (χ2v) is 12.0. The number of fused-ring (bicyclic) bond motifs is 12. The minimum absolute atomic E-state index is 0.0863. The Balaban J connectivity index is 1.43. The first-order chi connectivity index (χ1) is 20.8. The summed E-state index contributed by atoms with van der Waals surface area (Å²) in [7, 11) is 0. The van der Waals surface area contributed by atoms with Gasteiger partial charge >= 0.3 is 5.91 Å². The van der Waals surface area contributed by atoms with Crippen molar-refractivity contribution in [3.63, 3.8) is 0 Å². The van der Waals surface area contributed by atoms with Crippen LogP contribution in [0, 0.1) is 18.8 Å². The molecule has 0 radical (unpaired) electrons. The van der Waals surface area contributed by atoms with Gasteiger partial charge in [-0.15, -0.1) is 4.58 Å². The Kier molecular flexibility index (Phi) is 3.01. The Labute approximate surface area is 237 Å². The molecule has 0 fully saturated rings. The number of aliphatic imine (C=N–C) groups is 2. The molecule has 12 rings (SSSR count). The third kappa shape index (κ3) is 1.83. The number of hydrogen-bond acceptors (Lipinski definition) is 4. The second-order valence-electron chi connectivity index (χ2n) is 12.0. The minimum Gasteiger partial charge on any atom is -0.192 e. The van der Waals surface area contributed by atoms with Crippen LogP contribution >= 0.6 is 0 Å². The smallest absolute Gasteiger partial charge is 0.192 e. The van der Waals surface area contributed by atoms with E-state index < -0.39 is 5.91 Å². The molecular formula is C34H20N8+2. The lowest BCUT2D eigenvalue weighted by molar-refractivity contribution is -0.791. The number of aryl methyl sites for hydroxylation is 1. The predicted octanol–water partition coefficient (Wildman–Crippen LogP) is 3.98. The summed E-state index contributed by atoms with van der Waals surface area (Å²) in [5.41, 5.74) is 5.24. The van der Waals surface area contributed by atoms with E-state index in [2.05, 4.69) is 116 Å². The zero-order chi connectivity index (χ0) is 27.1. The molecule has 194 valence electrons. The van der Waals surface area contributed by atoms with E-state index in [9.17, 15) is 0 Å². The van der Waals surface area contributed by atoms with Gasteiger partial charge in [-0.25, -0.2) is 0 Å². The molecule has 0 bridgehead atoms. The molecule has 1 aliphatic carbocycles. The fraction of sp³-hybridized carbons (Fsp3) is 0.118. The van der Waals surface area contributed by atoms with Gasteiger partial charge < -0.3 is 0 Å². The Morgan fingerprint density at radius 1 is 0.667 bits per heavy atom. The van der Waals surface area contributed by atoms with Crippen molar-refractivity contribution in [2.24, 2.45) is 31.8 Å². The molecule has 0 amide bonds. The zero-order valence-corrected chi connectivity index (χ0v) is 22.4. The summed E-state index contributed by atoms with van der Waals surface area (Å²) in [6.07, 6.45) is 8.88. The molecule has 42 heavy (non-hydrogen) atoms. The summed E-state index contributed by atoms with van der Waals surface area (Å²) in [4.78, 5) is 21.9. The van der Waals surface area contributed by atoms with Gasteiger partial charge in [0.1, 0.15) is 0 Å². The molecular weight excluding hydrogens is 520 g/mol. The Bertz CT molecular complexity index is 2600. The highest BCUT2D eigenvalue weighted by Crippen LogP contribution is 2.53. The van der Waals surface area contributed by atoms with Crippen LogP contribution in [0.25, 0.3) is 21.5 Å². The van der Waals surface area contributed by atoms with Crippen LogP contribution in [0.15, 0.2) is 111 Å². The van der Waals surface area contributed by atoms with E-state index in [0.717, 1.165) is 78.6 Å². The van der Waals surface area contributed by atoms with Crippen LogP contribution < -0.4 is 11.0 Å². The Hall–Kier alpha value is -5.50. The molecule has 6 aliphatic heterocycles. The summed E-state index contributed by atoms with van der Waals surface area (Å²) in [6.45, 7) is 2.18. The van der Waals surface area contributed by atoms with Crippen LogP contribution in [-0.4, -0.2) is 41.6 Å². The SMILES string of the molecule is Cc1cccc2c3n4c(c12)N=C1C2C=CC=CC2C2=[N+]1[C@]41n4c(c5ccccc5c4=N2)=NC2=[N+]1C(=N3)c1ccccc12. The van der Waals surface area contributed by atoms with Crippen molar-refractivity contribution < 1.29 is 9.15 Å². The van der Waals surface area contributed by atoms with Gasteiger partial charge in [-0.1, -0.05) is 80.7 Å². The topological polar surface area (TPSA) is 65.3 Å². The average Bonchev–Trinajstić information content (AvgIpc) is 3.74. The molecule has 8 nitrogen and oxygen atoms in total. The van der Waals surface area contributed by atoms with E-state index in [4.69, 9.17) is 20.0 Å². The first-order valence-electron chi connectivity index (χ1n) is 14.4. The van der Waals surface area contributed by atoms with Crippen LogP contribution in [0.2, 0.25) is 0 Å². The van der Waals surface area contributed by atoms with E-state index in [1.165, 1.54) is 5.56 Å². The highest BCUT2D eigenvalue weighted by atomic mass is 15.7. The quantitative estimate of drug-likeness (QED) is 0.267. The Morgan fingerprint density at radius 2 is 1.40 bits per heavy atom. The van der Waals surface area contributed by atoms with Crippen molar-refractivity contribution in [3.05, 3.63) is 119 Å². The van der Waals surface area contributed by atoms with Crippen molar-refractivity contribution >= 4 is 56.5 Å². The summed E-state index contributed by atoms with van der Waals surface area (Å²) < 4.78 is 9.53. The maximum atomic E-state index is 5.54. The molecule has 7 aliphatic rings. The minimum atomic E-state index is -0.889. The van der Waals surface area contributed by atoms with Gasteiger partial charge in [-0.3, -0.25) is 0 Å². The van der Waals surface area contributed by atoms with Crippen molar-refractivity contribution in [1.82, 2.24) is 9.13 Å². The largest absolute Gasteiger partial charge is 0.404 e. The van der Waals surface area contributed by atoms with E-state index in [-0.39, 0.29) is 11.8 Å². The van der Waals surface area contributed by atoms with Gasteiger partial charge in [0, 0.05) is 16.2 Å². The highest BCUT2D eigenvalue weighted by Gasteiger charge is 2.70. The standard InChI is InChI=1S/C34H20N8/c1-17-9-8-16-24-25(17)33-38-31-23-15-7-6-14-22(23)29-36-27-19-11-3-2-10-18(19)26-35-28-20-12-4-5-13-21(20)30-37-32(24)42(33)34(39(26)27,40(28)30)41(29)31/h2-16,22-23H,1H3/q+2/t22?,23?,34-/m1/s1. The van der Waals surface area contributed by atoms with Crippen molar-refractivity contribution in [2.75, 3.05) is 0 Å². The number of aromatic nitrogens is 2. The molecule has 0 saturated heterocycles. The van der Waals surface area contributed by atoms with Crippen LogP contribution in [0.3, 0.4) is 0 Å². The van der Waals surface area contributed by atoms with Gasteiger partial charge in [-0.2, -0.15) is 13.7 Å². The Morgan fingerprint density at radius 3 is 2.26 bits per heavy atom. The first-order valence-corrected chi connectivity index (χ1v) is 14.4. The molecule has 5 aromatic rings. The van der Waals surface area contributed by atoms with Crippen LogP contribution in [0.5, 0.6) is 0 Å². The molecule has 1 spiro atoms. The number of rotatable bonds is 0. The lowest BCUT2D eigenvalue weighted by atomic mass is 9.89. The number of nitrogens with zero attached hydrogens (tertiary/aromatic N) is 8. The van der Waals surface area contributed by atoms with Gasteiger partial charge in [0.15, 0.2) is 0 Å². The number of benzene rings is 3. The molecule has 3 aromatic carbocycles. The van der Waals surface area contributed by atoms with Crippen LogP contribution in [-0.2, 0) is 5.91 Å². The predicted molar refractivity (Wildman–Crippen MR) is 159 cm³/mol. The third-order valence-electron chi connectivity index (χ3n) is 10.1. The summed E-state index contributed by atoms with van der Waals surface area (Å²) >= 11 is 0. The molecule has 8 heterocycles. The molecule has 2 unspecified atom stereocenters. The van der Waals surface area contributed by atoms with E-state index in [0.29, 0.717) is 0 Å². The third-order valence-corrected chi connectivity index (χ3v) is 10.1. The number of hydrogen-bond donors (Lipinski definition) is 0. The maximum absolute atomic E-state index is 5.54. The lowest BCUT2D eigenvalue weighted by Gasteiger charge is -2.40. The van der Waals surface area contributed by atoms with Crippen LogP contribution in [0.1, 0.15) is 16.7 Å². The monoisotopic (exact) mass is 540 g/mol. The zero-order valence-electron chi connectivity index (χ0n) is 22.4. The summed E-state index contributed by atoms with van der Waals surface area (Å²) in [6, 6.07) is 23.6. The van der Waals surface area contributed by atoms with Gasteiger partial charge in [0.2, 0.25) is 22.6 Å². The number of allylic oxidation sites excluding steroid dienone is 2. The lowest BCUT2D eigenvalue weighted by Crippen LogP contribution is -2.71. The molecule has 2 aromatic heterocycles. The number of amidine groups is 4. The maximum Gasteiger partial charge on any atom is 0.404 e.